The van der Waals surface area contributed by atoms with Gasteiger partial charge >= 0.3 is 6.03 Å². The van der Waals surface area contributed by atoms with Crippen molar-refractivity contribution in [1.29, 1.82) is 0 Å². The van der Waals surface area contributed by atoms with Crippen LogP contribution in [0.2, 0.25) is 0 Å². The van der Waals surface area contributed by atoms with Crippen LogP contribution in [0.25, 0.3) is 0 Å². The molecule has 0 saturated carbocycles. The normalized spacial score (nSPS) is 17.9. The molecule has 2 rings (SSSR count). The van der Waals surface area contributed by atoms with Crippen LogP contribution in [0.4, 0.5) is 10.5 Å². The first-order valence-corrected chi connectivity index (χ1v) is 7.81. The van der Waals surface area contributed by atoms with Crippen molar-refractivity contribution in [3.05, 3.63) is 29.8 Å². The maximum Gasteiger partial charge on any atom is 0.316 e. The first-order valence-electron chi connectivity index (χ1n) is 6.65. The van der Waals surface area contributed by atoms with Crippen molar-refractivity contribution in [2.45, 2.75) is 31.8 Å². The smallest absolute Gasteiger partial charge is 0.316 e. The Morgan fingerprint density at radius 2 is 1.95 bits per heavy atom. The van der Waals surface area contributed by atoms with Crippen LogP contribution < -0.4 is 16.4 Å². The molecule has 2 amide bonds. The summed E-state index contributed by atoms with van der Waals surface area (Å²) in [4.78, 5) is 10.7. The van der Waals surface area contributed by atoms with E-state index in [0.29, 0.717) is 12.1 Å². The molecule has 1 aromatic rings. The molecule has 0 aliphatic carbocycles. The SMILES string of the molecule is CC(NC1CCSCC1)c1ccc(NC(N)=O)cc1. The predicted octanol–water partition coefficient (Wildman–Crippen LogP) is 2.72. The van der Waals surface area contributed by atoms with Gasteiger partial charge in [0.1, 0.15) is 0 Å². The van der Waals surface area contributed by atoms with E-state index < -0.39 is 6.03 Å². The van der Waals surface area contributed by atoms with Gasteiger partial charge in [0.2, 0.25) is 0 Å². The highest BCUT2D eigenvalue weighted by Gasteiger charge is 2.16. The Bertz CT molecular complexity index is 415. The molecule has 0 spiro atoms. The van der Waals surface area contributed by atoms with Crippen LogP contribution in [0.1, 0.15) is 31.4 Å². The van der Waals surface area contributed by atoms with Crippen LogP contribution in [0.3, 0.4) is 0 Å². The Kier molecular flexibility index (Phi) is 5.10. The highest BCUT2D eigenvalue weighted by atomic mass is 32.2. The third-order valence-electron chi connectivity index (χ3n) is 3.39. The number of anilines is 1. The minimum absolute atomic E-state index is 0.329. The van der Waals surface area contributed by atoms with Gasteiger partial charge in [-0.2, -0.15) is 11.8 Å². The summed E-state index contributed by atoms with van der Waals surface area (Å²) in [5.41, 5.74) is 7.05. The molecule has 1 unspecified atom stereocenters. The van der Waals surface area contributed by atoms with Crippen molar-refractivity contribution < 1.29 is 4.79 Å². The highest BCUT2D eigenvalue weighted by molar-refractivity contribution is 7.99. The number of nitrogens with two attached hydrogens (primary N) is 1. The summed E-state index contributed by atoms with van der Waals surface area (Å²) in [5, 5.41) is 6.24. The fourth-order valence-corrected chi connectivity index (χ4v) is 3.42. The molecule has 0 bridgehead atoms. The Hall–Kier alpha value is -1.20. The fraction of sp³-hybridized carbons (Fsp3) is 0.500. The maximum absolute atomic E-state index is 10.7. The molecule has 0 aromatic heterocycles. The van der Waals surface area contributed by atoms with Crippen molar-refractivity contribution in [2.24, 2.45) is 5.73 Å². The second-order valence-electron chi connectivity index (χ2n) is 4.89. The van der Waals surface area contributed by atoms with Crippen molar-refractivity contribution in [2.75, 3.05) is 16.8 Å². The summed E-state index contributed by atoms with van der Waals surface area (Å²) < 4.78 is 0. The van der Waals surface area contributed by atoms with Gasteiger partial charge in [-0.1, -0.05) is 12.1 Å². The highest BCUT2D eigenvalue weighted by Crippen LogP contribution is 2.21. The molecule has 5 heteroatoms. The summed E-state index contributed by atoms with van der Waals surface area (Å²) in [7, 11) is 0. The summed E-state index contributed by atoms with van der Waals surface area (Å²) in [6.07, 6.45) is 2.49. The van der Waals surface area contributed by atoms with Gasteiger partial charge in [-0.3, -0.25) is 0 Å². The zero-order chi connectivity index (χ0) is 13.7. The number of nitrogens with one attached hydrogen (secondary N) is 2. The van der Waals surface area contributed by atoms with Crippen molar-refractivity contribution in [3.8, 4) is 0 Å². The molecule has 1 atom stereocenters. The molecule has 1 aliphatic heterocycles. The van der Waals surface area contributed by atoms with Crippen LogP contribution in [-0.2, 0) is 0 Å². The number of amides is 2. The number of hydrogen-bond acceptors (Lipinski definition) is 3. The molecule has 1 aliphatic rings. The maximum atomic E-state index is 10.7. The minimum atomic E-state index is -0.529. The van der Waals surface area contributed by atoms with Crippen molar-refractivity contribution in [1.82, 2.24) is 5.32 Å². The van der Waals surface area contributed by atoms with E-state index in [0.717, 1.165) is 5.69 Å². The lowest BCUT2D eigenvalue weighted by molar-refractivity contribution is 0.259. The van der Waals surface area contributed by atoms with Crippen LogP contribution in [0.15, 0.2) is 24.3 Å². The third-order valence-corrected chi connectivity index (χ3v) is 4.43. The molecule has 4 nitrogen and oxygen atoms in total. The number of primary amides is 1. The predicted molar refractivity (Wildman–Crippen MR) is 81.5 cm³/mol. The molecule has 1 saturated heterocycles. The van der Waals surface area contributed by atoms with Gasteiger partial charge in [-0.25, -0.2) is 4.79 Å². The van der Waals surface area contributed by atoms with E-state index >= 15 is 0 Å². The Labute approximate surface area is 118 Å². The Balaban J connectivity index is 1.91. The molecule has 1 heterocycles. The number of thioether (sulfide) groups is 1. The van der Waals surface area contributed by atoms with E-state index in [1.165, 1.54) is 29.9 Å². The van der Waals surface area contributed by atoms with Gasteiger partial charge in [0, 0.05) is 17.8 Å². The fourth-order valence-electron chi connectivity index (χ4n) is 2.31. The lowest BCUT2D eigenvalue weighted by Crippen LogP contribution is -2.34. The number of carbonyl (C=O) groups is 1. The molecule has 1 fully saturated rings. The molecule has 104 valence electrons. The standard InChI is InChI=1S/C14H21N3OS/c1-10(16-13-6-8-19-9-7-13)11-2-4-12(5-3-11)17-14(15)18/h2-5,10,13,16H,6-9H2,1H3,(H3,15,17,18). The summed E-state index contributed by atoms with van der Waals surface area (Å²) in [6, 6.07) is 8.25. The molecule has 0 radical (unpaired) electrons. The molecule has 19 heavy (non-hydrogen) atoms. The number of urea groups is 1. The number of benzene rings is 1. The van der Waals surface area contributed by atoms with Crippen molar-refractivity contribution in [3.63, 3.8) is 0 Å². The van der Waals surface area contributed by atoms with E-state index in [1.807, 2.05) is 36.0 Å². The van der Waals surface area contributed by atoms with Gasteiger partial charge in [0.15, 0.2) is 0 Å². The van der Waals surface area contributed by atoms with Gasteiger partial charge < -0.3 is 16.4 Å². The lowest BCUT2D eigenvalue weighted by atomic mass is 10.0. The first-order chi connectivity index (χ1) is 9.15. The van der Waals surface area contributed by atoms with E-state index in [9.17, 15) is 4.79 Å². The number of carbonyl (C=O) groups excluding carboxylic acids is 1. The van der Waals surface area contributed by atoms with Crippen LogP contribution in [0.5, 0.6) is 0 Å². The van der Waals surface area contributed by atoms with Crippen LogP contribution >= 0.6 is 11.8 Å². The minimum Gasteiger partial charge on any atom is -0.351 e. The topological polar surface area (TPSA) is 67.2 Å². The zero-order valence-electron chi connectivity index (χ0n) is 11.2. The third kappa shape index (κ3) is 4.44. The summed E-state index contributed by atoms with van der Waals surface area (Å²) in [5.74, 6) is 2.51. The van der Waals surface area contributed by atoms with Gasteiger partial charge in [0.05, 0.1) is 0 Å². The molecule has 1 aromatic carbocycles. The average molecular weight is 279 g/mol. The first kappa shape index (κ1) is 14.2. The van der Waals surface area contributed by atoms with Gasteiger partial charge in [-0.05, 0) is 49.0 Å². The van der Waals surface area contributed by atoms with Crippen molar-refractivity contribution >= 4 is 23.5 Å². The van der Waals surface area contributed by atoms with E-state index in [4.69, 9.17) is 5.73 Å². The van der Waals surface area contributed by atoms with E-state index in [1.54, 1.807) is 0 Å². The van der Waals surface area contributed by atoms with Gasteiger partial charge in [-0.15, -0.1) is 0 Å². The summed E-state index contributed by atoms with van der Waals surface area (Å²) >= 11 is 2.04. The zero-order valence-corrected chi connectivity index (χ0v) is 12.0. The average Bonchev–Trinajstić information content (AvgIpc) is 2.40. The van der Waals surface area contributed by atoms with Crippen LogP contribution in [0, 0.1) is 0 Å². The lowest BCUT2D eigenvalue weighted by Gasteiger charge is -2.26. The van der Waals surface area contributed by atoms with Gasteiger partial charge in [0.25, 0.3) is 0 Å². The number of hydrogen-bond donors (Lipinski definition) is 3. The molecular weight excluding hydrogens is 258 g/mol. The molecular formula is C14H21N3OS. The van der Waals surface area contributed by atoms with E-state index in [-0.39, 0.29) is 0 Å². The quantitative estimate of drug-likeness (QED) is 0.794. The monoisotopic (exact) mass is 279 g/mol. The Morgan fingerprint density at radius 3 is 2.53 bits per heavy atom. The van der Waals surface area contributed by atoms with Crippen LogP contribution in [-0.4, -0.2) is 23.6 Å². The molecule has 4 N–H and O–H groups in total. The largest absolute Gasteiger partial charge is 0.351 e. The van der Waals surface area contributed by atoms with E-state index in [2.05, 4.69) is 17.6 Å². The second kappa shape index (κ2) is 6.82. The summed E-state index contributed by atoms with van der Waals surface area (Å²) in [6.45, 7) is 2.18. The Morgan fingerprint density at radius 1 is 1.32 bits per heavy atom. The number of rotatable bonds is 4. The second-order valence-corrected chi connectivity index (χ2v) is 6.11.